The molecule has 3 aromatic heterocycles. The minimum atomic E-state index is -4.52. The summed E-state index contributed by atoms with van der Waals surface area (Å²) in [7, 11) is 0. The summed E-state index contributed by atoms with van der Waals surface area (Å²) >= 11 is 0. The van der Waals surface area contributed by atoms with Crippen molar-refractivity contribution in [2.45, 2.75) is 50.5 Å². The van der Waals surface area contributed by atoms with Crippen LogP contribution in [-0.4, -0.2) is 72.7 Å². The molecule has 13 heteroatoms. The Hall–Kier alpha value is -3.71. The van der Waals surface area contributed by atoms with Gasteiger partial charge in [-0.25, -0.2) is 28.7 Å². The maximum absolute atomic E-state index is 15.0. The SMILES string of the molecule is Fc1cnc(Nc2ccc(CN3CCN4CCC[C@@H]4C3)cn2)nc1-c1cc(F)c2nc3n(c2c1)C(C(F)(F)F)CC3. The minimum Gasteiger partial charge on any atom is -0.316 e. The van der Waals surface area contributed by atoms with Gasteiger partial charge in [0, 0.05) is 50.4 Å². The molecule has 214 valence electrons. The number of fused-ring (bicyclic) bond motifs is 4. The van der Waals surface area contributed by atoms with Crippen LogP contribution in [0.25, 0.3) is 22.3 Å². The summed E-state index contributed by atoms with van der Waals surface area (Å²) in [5.41, 5.74) is 0.577. The van der Waals surface area contributed by atoms with Gasteiger partial charge in [0.2, 0.25) is 5.95 Å². The topological polar surface area (TPSA) is 75.0 Å². The first kappa shape index (κ1) is 26.2. The van der Waals surface area contributed by atoms with E-state index in [9.17, 15) is 17.6 Å². The third-order valence-corrected chi connectivity index (χ3v) is 8.31. The van der Waals surface area contributed by atoms with Crippen LogP contribution in [0.2, 0.25) is 0 Å². The standard InChI is InChI=1S/C28H27F5N8/c29-19-10-17(11-21-26(19)37-24-6-4-22(41(21)24)28(31,32)33)25-20(30)13-35-27(38-25)36-23-5-3-16(12-34-23)14-39-8-9-40-7-1-2-18(40)15-39/h3,5,10-13,18,22H,1-2,4,6-9,14-15H2,(H,34,35,36,38)/t18-,22?/m1/s1. The third kappa shape index (κ3) is 4.90. The number of pyridine rings is 1. The van der Waals surface area contributed by atoms with Crippen molar-refractivity contribution in [2.75, 3.05) is 31.5 Å². The molecule has 3 aliphatic heterocycles. The second-order valence-corrected chi connectivity index (χ2v) is 11.0. The van der Waals surface area contributed by atoms with Crippen LogP contribution in [0.4, 0.5) is 33.7 Å². The number of aromatic nitrogens is 5. The van der Waals surface area contributed by atoms with Gasteiger partial charge in [-0.1, -0.05) is 6.07 Å². The Kier molecular flexibility index (Phi) is 6.38. The molecular formula is C28H27F5N8. The third-order valence-electron chi connectivity index (χ3n) is 8.31. The molecule has 6 heterocycles. The number of nitrogens with one attached hydrogen (secondary N) is 1. The monoisotopic (exact) mass is 570 g/mol. The molecule has 0 amide bonds. The zero-order valence-electron chi connectivity index (χ0n) is 22.0. The van der Waals surface area contributed by atoms with E-state index >= 15 is 4.39 Å². The average molecular weight is 571 g/mol. The molecule has 7 rings (SSSR count). The van der Waals surface area contributed by atoms with Gasteiger partial charge in [-0.3, -0.25) is 9.80 Å². The highest BCUT2D eigenvalue weighted by Crippen LogP contribution is 2.42. The molecule has 0 radical (unpaired) electrons. The number of halogens is 5. The van der Waals surface area contributed by atoms with Crippen LogP contribution >= 0.6 is 0 Å². The van der Waals surface area contributed by atoms with Crippen molar-refractivity contribution in [3.05, 3.63) is 59.7 Å². The zero-order chi connectivity index (χ0) is 28.3. The van der Waals surface area contributed by atoms with E-state index in [4.69, 9.17) is 0 Å². The lowest BCUT2D eigenvalue weighted by molar-refractivity contribution is -0.164. The first-order chi connectivity index (χ1) is 19.7. The van der Waals surface area contributed by atoms with Crippen molar-refractivity contribution in [2.24, 2.45) is 0 Å². The van der Waals surface area contributed by atoms with Gasteiger partial charge in [0.05, 0.1) is 11.7 Å². The van der Waals surface area contributed by atoms with Gasteiger partial charge in [-0.15, -0.1) is 0 Å². The van der Waals surface area contributed by atoms with E-state index in [2.05, 4.69) is 35.1 Å². The Morgan fingerprint density at radius 2 is 1.83 bits per heavy atom. The summed E-state index contributed by atoms with van der Waals surface area (Å²) < 4.78 is 71.8. The van der Waals surface area contributed by atoms with Crippen molar-refractivity contribution in [3.8, 4) is 11.3 Å². The Morgan fingerprint density at radius 3 is 2.63 bits per heavy atom. The lowest BCUT2D eigenvalue weighted by atomic mass is 10.1. The Labute approximate surface area is 232 Å². The van der Waals surface area contributed by atoms with Crippen molar-refractivity contribution in [3.63, 3.8) is 0 Å². The maximum Gasteiger partial charge on any atom is 0.409 e. The number of piperazine rings is 1. The highest BCUT2D eigenvalue weighted by atomic mass is 19.4. The van der Waals surface area contributed by atoms with Crippen molar-refractivity contribution in [1.82, 2.24) is 34.3 Å². The number of hydrogen-bond donors (Lipinski definition) is 1. The predicted molar refractivity (Wildman–Crippen MR) is 141 cm³/mol. The van der Waals surface area contributed by atoms with E-state index < -0.39 is 23.9 Å². The van der Waals surface area contributed by atoms with Gasteiger partial charge in [-0.2, -0.15) is 13.2 Å². The highest BCUT2D eigenvalue weighted by molar-refractivity contribution is 5.83. The first-order valence-corrected chi connectivity index (χ1v) is 13.7. The van der Waals surface area contributed by atoms with Gasteiger partial charge in [0.15, 0.2) is 11.6 Å². The van der Waals surface area contributed by atoms with E-state index in [0.717, 1.165) is 48.6 Å². The number of benzene rings is 1. The number of anilines is 2. The van der Waals surface area contributed by atoms with Gasteiger partial charge in [0.1, 0.15) is 28.9 Å². The van der Waals surface area contributed by atoms with E-state index in [-0.39, 0.29) is 46.9 Å². The predicted octanol–water partition coefficient (Wildman–Crippen LogP) is 5.24. The summed E-state index contributed by atoms with van der Waals surface area (Å²) in [6.45, 7) is 5.16. The lowest BCUT2D eigenvalue weighted by Crippen LogP contribution is -2.49. The quantitative estimate of drug-likeness (QED) is 0.329. The number of nitrogens with zero attached hydrogens (tertiary/aromatic N) is 7. The fourth-order valence-corrected chi connectivity index (χ4v) is 6.36. The summed E-state index contributed by atoms with van der Waals surface area (Å²) in [6.07, 6.45) is 0.602. The number of aryl methyl sites for hydroxylation is 1. The molecular weight excluding hydrogens is 543 g/mol. The Morgan fingerprint density at radius 1 is 0.951 bits per heavy atom. The van der Waals surface area contributed by atoms with Crippen LogP contribution in [0.15, 0.2) is 36.7 Å². The minimum absolute atomic E-state index is 0.0147. The second-order valence-electron chi connectivity index (χ2n) is 11.0. The highest BCUT2D eigenvalue weighted by Gasteiger charge is 2.45. The van der Waals surface area contributed by atoms with Gasteiger partial charge < -0.3 is 9.88 Å². The molecule has 3 aliphatic rings. The molecule has 1 unspecified atom stereocenters. The molecule has 1 N–H and O–H groups in total. The first-order valence-electron chi connectivity index (χ1n) is 13.7. The molecule has 0 spiro atoms. The molecule has 0 bridgehead atoms. The van der Waals surface area contributed by atoms with Crippen LogP contribution in [0, 0.1) is 11.6 Å². The largest absolute Gasteiger partial charge is 0.409 e. The smallest absolute Gasteiger partial charge is 0.316 e. The van der Waals surface area contributed by atoms with E-state index in [0.29, 0.717) is 11.9 Å². The van der Waals surface area contributed by atoms with Gasteiger partial charge in [-0.05, 0) is 49.6 Å². The summed E-state index contributed by atoms with van der Waals surface area (Å²) in [4.78, 5) is 21.7. The van der Waals surface area contributed by atoms with Crippen LogP contribution in [-0.2, 0) is 13.0 Å². The van der Waals surface area contributed by atoms with Crippen molar-refractivity contribution < 1.29 is 22.0 Å². The molecule has 0 aliphatic carbocycles. The lowest BCUT2D eigenvalue weighted by Gasteiger charge is -2.37. The Bertz CT molecular complexity index is 1600. The average Bonchev–Trinajstić information content (AvgIpc) is 3.66. The summed E-state index contributed by atoms with van der Waals surface area (Å²) in [5.74, 6) is -1.08. The van der Waals surface area contributed by atoms with Crippen LogP contribution in [0.5, 0.6) is 0 Å². The fourth-order valence-electron chi connectivity index (χ4n) is 6.36. The fraction of sp³-hybridized carbons (Fsp3) is 0.429. The molecule has 4 aromatic rings. The maximum atomic E-state index is 15.0. The molecule has 2 saturated heterocycles. The van der Waals surface area contributed by atoms with E-state index in [1.807, 2.05) is 6.07 Å². The number of imidazole rings is 1. The van der Waals surface area contributed by atoms with Crippen molar-refractivity contribution >= 4 is 22.8 Å². The second kappa shape index (κ2) is 9.98. The number of rotatable bonds is 5. The molecule has 0 saturated carbocycles. The Balaban J connectivity index is 1.11. The molecule has 2 atom stereocenters. The summed E-state index contributed by atoms with van der Waals surface area (Å²) in [5, 5.41) is 2.94. The van der Waals surface area contributed by atoms with Crippen LogP contribution < -0.4 is 5.32 Å². The van der Waals surface area contributed by atoms with Crippen molar-refractivity contribution in [1.29, 1.82) is 0 Å². The number of alkyl halides is 3. The molecule has 41 heavy (non-hydrogen) atoms. The number of hydrogen-bond acceptors (Lipinski definition) is 7. The van der Waals surface area contributed by atoms with E-state index in [1.54, 1.807) is 12.3 Å². The zero-order valence-corrected chi connectivity index (χ0v) is 22.0. The van der Waals surface area contributed by atoms with Crippen LogP contribution in [0.1, 0.15) is 36.7 Å². The van der Waals surface area contributed by atoms with Gasteiger partial charge >= 0.3 is 6.18 Å². The molecule has 2 fully saturated rings. The molecule has 1 aromatic carbocycles. The molecule has 8 nitrogen and oxygen atoms in total. The van der Waals surface area contributed by atoms with Crippen LogP contribution in [0.3, 0.4) is 0 Å². The normalized spacial score (nSPS) is 21.4. The van der Waals surface area contributed by atoms with Gasteiger partial charge in [0.25, 0.3) is 0 Å². The summed E-state index contributed by atoms with van der Waals surface area (Å²) in [6, 6.07) is 4.89. The van der Waals surface area contributed by atoms with E-state index in [1.165, 1.54) is 25.5 Å².